The molecule has 0 aliphatic heterocycles. The van der Waals surface area contributed by atoms with Gasteiger partial charge in [0, 0.05) is 17.6 Å². The van der Waals surface area contributed by atoms with Gasteiger partial charge in [-0.05, 0) is 31.0 Å². The van der Waals surface area contributed by atoms with Crippen LogP contribution in [0.25, 0.3) is 10.2 Å². The van der Waals surface area contributed by atoms with Gasteiger partial charge in [-0.3, -0.25) is 0 Å². The Morgan fingerprint density at radius 2 is 2.11 bits per heavy atom. The number of thiazole rings is 1. The van der Waals surface area contributed by atoms with Crippen LogP contribution in [0, 0.1) is 5.41 Å². The molecule has 1 aromatic heterocycles. The molecule has 0 saturated carbocycles. The summed E-state index contributed by atoms with van der Waals surface area (Å²) in [5.41, 5.74) is 4.00. The summed E-state index contributed by atoms with van der Waals surface area (Å²) < 4.78 is 1.20. The minimum absolute atomic E-state index is 0.0113. The van der Waals surface area contributed by atoms with Gasteiger partial charge in [0.2, 0.25) is 0 Å². The van der Waals surface area contributed by atoms with Crippen molar-refractivity contribution in [2.75, 3.05) is 18.5 Å². The van der Waals surface area contributed by atoms with E-state index in [1.54, 1.807) is 11.3 Å². The number of aliphatic hydroxyl groups excluding tert-OH is 1. The van der Waals surface area contributed by atoms with Crippen molar-refractivity contribution in [3.05, 3.63) is 23.7 Å². The molecule has 0 saturated heterocycles. The van der Waals surface area contributed by atoms with Crippen molar-refractivity contribution in [2.45, 2.75) is 26.7 Å². The lowest BCUT2D eigenvalue weighted by Crippen LogP contribution is -2.32. The summed E-state index contributed by atoms with van der Waals surface area (Å²) in [5.74, 6) is 0. The largest absolute Gasteiger partial charge is 0.396 e. The molecule has 1 aromatic carbocycles. The third-order valence-corrected chi connectivity index (χ3v) is 4.63. The number of nitrogens with zero attached hydrogens (tertiary/aromatic N) is 1. The van der Waals surface area contributed by atoms with Crippen molar-refractivity contribution >= 4 is 27.2 Å². The Balaban J connectivity index is 2.09. The monoisotopic (exact) mass is 264 g/mol. The van der Waals surface area contributed by atoms with Crippen LogP contribution in [0.2, 0.25) is 0 Å². The highest BCUT2D eigenvalue weighted by molar-refractivity contribution is 7.16. The van der Waals surface area contributed by atoms with Gasteiger partial charge in [-0.15, -0.1) is 11.3 Å². The third kappa shape index (κ3) is 2.65. The van der Waals surface area contributed by atoms with Gasteiger partial charge < -0.3 is 10.4 Å². The summed E-state index contributed by atoms with van der Waals surface area (Å²) in [6.07, 6.45) is 1.96. The molecule has 2 rings (SSSR count). The summed E-state index contributed by atoms with van der Waals surface area (Å²) in [5, 5.41) is 13.0. The second-order valence-corrected chi connectivity index (χ2v) is 5.64. The average Bonchev–Trinajstić information content (AvgIpc) is 2.88. The van der Waals surface area contributed by atoms with Crippen molar-refractivity contribution in [1.29, 1.82) is 0 Å². The molecule has 0 aliphatic rings. The molecule has 0 unspecified atom stereocenters. The van der Waals surface area contributed by atoms with Crippen LogP contribution in [0.3, 0.4) is 0 Å². The molecule has 0 bridgehead atoms. The maximum Gasteiger partial charge on any atom is 0.0813 e. The second-order valence-electron chi connectivity index (χ2n) is 4.75. The van der Waals surface area contributed by atoms with Crippen molar-refractivity contribution in [2.24, 2.45) is 5.41 Å². The topological polar surface area (TPSA) is 45.1 Å². The smallest absolute Gasteiger partial charge is 0.0813 e. The Kier molecular flexibility index (Phi) is 4.19. The SMILES string of the molecule is CCC(CC)(CO)CNc1ccc2ncsc2c1. The number of rotatable bonds is 6. The summed E-state index contributed by atoms with van der Waals surface area (Å²) in [6, 6.07) is 6.21. The van der Waals surface area contributed by atoms with Crippen molar-refractivity contribution in [1.82, 2.24) is 4.98 Å². The van der Waals surface area contributed by atoms with Crippen LogP contribution in [0.5, 0.6) is 0 Å². The van der Waals surface area contributed by atoms with Crippen LogP contribution in [0.4, 0.5) is 5.69 Å². The van der Waals surface area contributed by atoms with Gasteiger partial charge in [0.15, 0.2) is 0 Å². The van der Waals surface area contributed by atoms with E-state index in [0.29, 0.717) is 0 Å². The van der Waals surface area contributed by atoms with E-state index in [9.17, 15) is 5.11 Å². The number of fused-ring (bicyclic) bond motifs is 1. The zero-order chi connectivity index (χ0) is 13.0. The molecule has 1 heterocycles. The van der Waals surface area contributed by atoms with Gasteiger partial charge in [-0.2, -0.15) is 0 Å². The van der Waals surface area contributed by atoms with E-state index in [0.717, 1.165) is 30.6 Å². The lowest BCUT2D eigenvalue weighted by atomic mass is 9.83. The van der Waals surface area contributed by atoms with Gasteiger partial charge in [-0.25, -0.2) is 4.98 Å². The molecule has 0 aliphatic carbocycles. The van der Waals surface area contributed by atoms with E-state index in [1.807, 2.05) is 11.6 Å². The average molecular weight is 264 g/mol. The van der Waals surface area contributed by atoms with E-state index in [-0.39, 0.29) is 12.0 Å². The molecular formula is C14H20N2OS. The fourth-order valence-corrected chi connectivity index (χ4v) is 2.75. The molecule has 0 amide bonds. The highest BCUT2D eigenvalue weighted by Crippen LogP contribution is 2.27. The van der Waals surface area contributed by atoms with Gasteiger partial charge >= 0.3 is 0 Å². The predicted molar refractivity (Wildman–Crippen MR) is 78.2 cm³/mol. The van der Waals surface area contributed by atoms with E-state index >= 15 is 0 Å². The van der Waals surface area contributed by atoms with Gasteiger partial charge in [0.25, 0.3) is 0 Å². The van der Waals surface area contributed by atoms with Crippen LogP contribution in [-0.2, 0) is 0 Å². The summed E-state index contributed by atoms with van der Waals surface area (Å²) in [7, 11) is 0. The number of hydrogen-bond acceptors (Lipinski definition) is 4. The van der Waals surface area contributed by atoms with Crippen LogP contribution in [-0.4, -0.2) is 23.2 Å². The summed E-state index contributed by atoms with van der Waals surface area (Å²) >= 11 is 1.65. The number of anilines is 1. The zero-order valence-electron chi connectivity index (χ0n) is 10.9. The van der Waals surface area contributed by atoms with Crippen LogP contribution in [0.1, 0.15) is 26.7 Å². The third-order valence-electron chi connectivity index (χ3n) is 3.83. The van der Waals surface area contributed by atoms with Crippen LogP contribution >= 0.6 is 11.3 Å². The molecule has 18 heavy (non-hydrogen) atoms. The number of hydrogen-bond donors (Lipinski definition) is 2. The fraction of sp³-hybridized carbons (Fsp3) is 0.500. The lowest BCUT2D eigenvalue weighted by molar-refractivity contribution is 0.127. The molecule has 3 nitrogen and oxygen atoms in total. The standard InChI is InChI=1S/C14H20N2OS/c1-3-14(4-2,9-17)8-15-11-5-6-12-13(7-11)18-10-16-12/h5-7,10,15,17H,3-4,8-9H2,1-2H3. The molecule has 4 heteroatoms. The maximum absolute atomic E-state index is 9.55. The first-order valence-electron chi connectivity index (χ1n) is 6.41. The first kappa shape index (κ1) is 13.3. The normalized spacial score (nSPS) is 11.9. The van der Waals surface area contributed by atoms with Gasteiger partial charge in [0.05, 0.1) is 22.3 Å². The van der Waals surface area contributed by atoms with Gasteiger partial charge in [0.1, 0.15) is 0 Å². The predicted octanol–water partition coefficient (Wildman–Crippen LogP) is 3.51. The molecule has 0 radical (unpaired) electrons. The van der Waals surface area contributed by atoms with Crippen LogP contribution in [0.15, 0.2) is 23.7 Å². The van der Waals surface area contributed by atoms with Crippen molar-refractivity contribution < 1.29 is 5.11 Å². The highest BCUT2D eigenvalue weighted by atomic mass is 32.1. The molecule has 98 valence electrons. The molecule has 0 atom stereocenters. The number of nitrogens with one attached hydrogen (secondary N) is 1. The van der Waals surface area contributed by atoms with Crippen molar-refractivity contribution in [3.63, 3.8) is 0 Å². The Morgan fingerprint density at radius 1 is 1.33 bits per heavy atom. The number of aliphatic hydroxyl groups is 1. The minimum atomic E-state index is -0.0113. The summed E-state index contributed by atoms with van der Waals surface area (Å²) in [4.78, 5) is 4.27. The Morgan fingerprint density at radius 3 is 2.78 bits per heavy atom. The molecule has 0 spiro atoms. The highest BCUT2D eigenvalue weighted by Gasteiger charge is 2.24. The summed E-state index contributed by atoms with van der Waals surface area (Å²) in [6.45, 7) is 5.30. The number of benzene rings is 1. The van der Waals surface area contributed by atoms with E-state index in [1.165, 1.54) is 4.70 Å². The van der Waals surface area contributed by atoms with Crippen LogP contribution < -0.4 is 5.32 Å². The molecular weight excluding hydrogens is 244 g/mol. The molecule has 0 fully saturated rings. The Bertz CT molecular complexity index is 497. The van der Waals surface area contributed by atoms with E-state index in [4.69, 9.17) is 0 Å². The maximum atomic E-state index is 9.55. The molecule has 2 aromatic rings. The fourth-order valence-electron chi connectivity index (χ4n) is 2.03. The Hall–Kier alpha value is -1.13. The van der Waals surface area contributed by atoms with E-state index < -0.39 is 0 Å². The zero-order valence-corrected chi connectivity index (χ0v) is 11.8. The van der Waals surface area contributed by atoms with Crippen molar-refractivity contribution in [3.8, 4) is 0 Å². The first-order chi connectivity index (χ1) is 8.73. The first-order valence-corrected chi connectivity index (χ1v) is 7.29. The second kappa shape index (κ2) is 5.67. The lowest BCUT2D eigenvalue weighted by Gasteiger charge is -2.30. The quantitative estimate of drug-likeness (QED) is 0.839. The number of aromatic nitrogens is 1. The Labute approximate surface area is 112 Å². The minimum Gasteiger partial charge on any atom is -0.396 e. The molecule has 2 N–H and O–H groups in total. The van der Waals surface area contributed by atoms with Gasteiger partial charge in [-0.1, -0.05) is 13.8 Å². The van der Waals surface area contributed by atoms with E-state index in [2.05, 4.69) is 36.3 Å².